The Morgan fingerprint density at radius 1 is 1.02 bits per heavy atom. The lowest BCUT2D eigenvalue weighted by Gasteiger charge is -2.17. The number of amides is 2. The molecule has 46 heavy (non-hydrogen) atoms. The van der Waals surface area contributed by atoms with E-state index in [0.717, 1.165) is 23.2 Å². The maximum atomic E-state index is 13.3. The number of sulfonamides is 1. The Morgan fingerprint density at radius 3 is 2.39 bits per heavy atom. The highest BCUT2D eigenvalue weighted by Crippen LogP contribution is 2.28. The number of nitrogens with zero attached hydrogens (tertiary/aromatic N) is 2. The lowest BCUT2D eigenvalue weighted by Crippen LogP contribution is -2.38. The first kappa shape index (κ1) is 34.4. The average Bonchev–Trinajstić information content (AvgIpc) is 3.40. The molecule has 0 aliphatic heterocycles. The number of benzene rings is 3. The van der Waals surface area contributed by atoms with Crippen LogP contribution in [0.2, 0.25) is 5.02 Å². The fourth-order valence-electron chi connectivity index (χ4n) is 5.00. The number of hydrogen-bond acceptors (Lipinski definition) is 7. The number of carboxylic acid groups (broad SMARTS) is 1. The van der Waals surface area contributed by atoms with Crippen molar-refractivity contribution < 1.29 is 32.6 Å². The summed E-state index contributed by atoms with van der Waals surface area (Å²) in [4.78, 5) is 36.7. The van der Waals surface area contributed by atoms with Crippen molar-refractivity contribution in [3.05, 3.63) is 106 Å². The molecule has 2 amide bonds. The lowest BCUT2D eigenvalue weighted by molar-refractivity contribution is -0.137. The minimum Gasteiger partial charge on any atom is -0.481 e. The van der Waals surface area contributed by atoms with Gasteiger partial charge in [0.25, 0.3) is 21.8 Å². The number of ether oxygens (including phenoxy) is 1. The highest BCUT2D eigenvalue weighted by atomic mass is 35.5. The van der Waals surface area contributed by atoms with Gasteiger partial charge in [0.2, 0.25) is 0 Å². The van der Waals surface area contributed by atoms with E-state index in [9.17, 15) is 27.9 Å². The maximum Gasteiger partial charge on any atom is 0.305 e. The van der Waals surface area contributed by atoms with Crippen LogP contribution in [0.15, 0.2) is 83.8 Å². The summed E-state index contributed by atoms with van der Waals surface area (Å²) in [7, 11) is -2.84. The molecular weight excluding hydrogens is 632 g/mol. The molecule has 11 nitrogen and oxygen atoms in total. The average molecular weight is 667 g/mol. The summed E-state index contributed by atoms with van der Waals surface area (Å²) in [5, 5.41) is 17.3. The predicted molar refractivity (Wildman–Crippen MR) is 173 cm³/mol. The molecule has 4 rings (SSSR count). The van der Waals surface area contributed by atoms with Crippen molar-refractivity contribution in [2.45, 2.75) is 50.1 Å². The zero-order valence-corrected chi connectivity index (χ0v) is 27.0. The summed E-state index contributed by atoms with van der Waals surface area (Å²) < 4.78 is 34.4. The van der Waals surface area contributed by atoms with Crippen LogP contribution in [0.3, 0.4) is 0 Å². The van der Waals surface area contributed by atoms with Gasteiger partial charge in [0, 0.05) is 29.4 Å². The molecule has 3 N–H and O–H groups in total. The highest BCUT2D eigenvalue weighted by Gasteiger charge is 2.23. The molecule has 0 saturated carbocycles. The van der Waals surface area contributed by atoms with Crippen LogP contribution in [0.1, 0.15) is 47.1 Å². The third-order valence-electron chi connectivity index (χ3n) is 7.08. The SMILES string of the molecule is CCCc1cc(C(=O)NC(CC(=O)O)Cc2ccccc2Cl)nn1Cc1ccc(-c2ccccc2S(=O)(=O)NC(=O)COC)cc1. The molecule has 0 radical (unpaired) electrons. The van der Waals surface area contributed by atoms with Gasteiger partial charge in [0.05, 0.1) is 17.9 Å². The Balaban J connectivity index is 1.53. The van der Waals surface area contributed by atoms with E-state index in [0.29, 0.717) is 29.1 Å². The number of aromatic nitrogens is 2. The predicted octanol–water partition coefficient (Wildman–Crippen LogP) is 4.47. The van der Waals surface area contributed by atoms with Gasteiger partial charge in [-0.15, -0.1) is 0 Å². The third-order valence-corrected chi connectivity index (χ3v) is 8.88. The van der Waals surface area contributed by atoms with Crippen molar-refractivity contribution >= 4 is 39.4 Å². The lowest BCUT2D eigenvalue weighted by atomic mass is 10.0. The van der Waals surface area contributed by atoms with E-state index in [1.54, 1.807) is 65.3 Å². The molecule has 1 unspecified atom stereocenters. The smallest absolute Gasteiger partial charge is 0.305 e. The van der Waals surface area contributed by atoms with Crippen molar-refractivity contribution in [1.82, 2.24) is 19.8 Å². The molecule has 0 aliphatic rings. The Bertz CT molecular complexity index is 1810. The van der Waals surface area contributed by atoms with E-state index in [4.69, 9.17) is 16.3 Å². The molecule has 0 aliphatic carbocycles. The van der Waals surface area contributed by atoms with Gasteiger partial charge in [-0.25, -0.2) is 13.1 Å². The van der Waals surface area contributed by atoms with E-state index < -0.39 is 40.5 Å². The molecule has 1 aromatic heterocycles. The van der Waals surface area contributed by atoms with Crippen LogP contribution in [0.4, 0.5) is 0 Å². The van der Waals surface area contributed by atoms with Gasteiger partial charge in [-0.1, -0.05) is 85.6 Å². The number of hydrogen-bond donors (Lipinski definition) is 3. The first-order valence-electron chi connectivity index (χ1n) is 14.6. The Hall–Kier alpha value is -4.52. The number of aryl methyl sites for hydroxylation is 1. The van der Waals surface area contributed by atoms with Crippen molar-refractivity contribution in [2.75, 3.05) is 13.7 Å². The zero-order valence-electron chi connectivity index (χ0n) is 25.4. The van der Waals surface area contributed by atoms with E-state index in [1.807, 2.05) is 23.8 Å². The molecule has 0 spiro atoms. The van der Waals surface area contributed by atoms with Gasteiger partial charge < -0.3 is 15.2 Å². The number of nitrogens with one attached hydrogen (secondary N) is 2. The molecule has 1 atom stereocenters. The molecule has 4 aromatic rings. The summed E-state index contributed by atoms with van der Waals surface area (Å²) in [5.74, 6) is -2.31. The van der Waals surface area contributed by atoms with Crippen LogP contribution >= 0.6 is 11.6 Å². The molecule has 0 bridgehead atoms. The van der Waals surface area contributed by atoms with Crippen LogP contribution < -0.4 is 10.0 Å². The first-order valence-corrected chi connectivity index (χ1v) is 16.4. The minimum atomic E-state index is -4.14. The number of carbonyl (C=O) groups excluding carboxylic acids is 2. The molecular formula is C33H35ClN4O7S. The van der Waals surface area contributed by atoms with Gasteiger partial charge in [-0.2, -0.15) is 5.10 Å². The van der Waals surface area contributed by atoms with Gasteiger partial charge in [-0.05, 0) is 47.7 Å². The van der Waals surface area contributed by atoms with E-state index in [2.05, 4.69) is 10.4 Å². The number of rotatable bonds is 15. The number of carboxylic acids is 1. The van der Waals surface area contributed by atoms with E-state index >= 15 is 0 Å². The normalized spacial score (nSPS) is 12.0. The number of carbonyl (C=O) groups is 3. The summed E-state index contributed by atoms with van der Waals surface area (Å²) in [6, 6.07) is 21.7. The summed E-state index contributed by atoms with van der Waals surface area (Å²) >= 11 is 6.27. The van der Waals surface area contributed by atoms with E-state index in [-0.39, 0.29) is 23.4 Å². The fourth-order valence-corrected chi connectivity index (χ4v) is 6.42. The Labute approximate surface area is 272 Å². The number of aliphatic carboxylic acids is 1. The zero-order chi connectivity index (χ0) is 33.3. The van der Waals surface area contributed by atoms with Crippen LogP contribution in [0.5, 0.6) is 0 Å². The highest BCUT2D eigenvalue weighted by molar-refractivity contribution is 7.90. The maximum absolute atomic E-state index is 13.3. The van der Waals surface area contributed by atoms with Gasteiger partial charge in [-0.3, -0.25) is 19.1 Å². The molecule has 13 heteroatoms. The van der Waals surface area contributed by atoms with Gasteiger partial charge >= 0.3 is 5.97 Å². The quantitative estimate of drug-likeness (QED) is 0.168. The van der Waals surface area contributed by atoms with Crippen LogP contribution in [-0.4, -0.2) is 60.8 Å². The van der Waals surface area contributed by atoms with Crippen molar-refractivity contribution in [1.29, 1.82) is 0 Å². The second-order valence-electron chi connectivity index (χ2n) is 10.6. The Morgan fingerprint density at radius 2 is 1.72 bits per heavy atom. The second kappa shape index (κ2) is 15.7. The van der Waals surface area contributed by atoms with Crippen LogP contribution in [0, 0.1) is 0 Å². The molecule has 242 valence electrons. The van der Waals surface area contributed by atoms with Gasteiger partial charge in [0.1, 0.15) is 12.3 Å². The van der Waals surface area contributed by atoms with E-state index in [1.165, 1.54) is 13.2 Å². The topological polar surface area (TPSA) is 157 Å². The van der Waals surface area contributed by atoms with Crippen molar-refractivity contribution in [3.63, 3.8) is 0 Å². The summed E-state index contributed by atoms with van der Waals surface area (Å²) in [6.07, 6.45) is 1.44. The molecule has 1 heterocycles. The minimum absolute atomic E-state index is 0.0455. The Kier molecular flexibility index (Phi) is 11.7. The molecule has 0 fully saturated rings. The van der Waals surface area contributed by atoms with Gasteiger partial charge in [0.15, 0.2) is 0 Å². The second-order valence-corrected chi connectivity index (χ2v) is 12.7. The first-order chi connectivity index (χ1) is 22.0. The summed E-state index contributed by atoms with van der Waals surface area (Å²) in [6.45, 7) is 1.97. The number of methoxy groups -OCH3 is 1. The molecule has 3 aromatic carbocycles. The third kappa shape index (κ3) is 9.03. The molecule has 0 saturated heterocycles. The van der Waals surface area contributed by atoms with Crippen molar-refractivity contribution in [2.24, 2.45) is 0 Å². The summed E-state index contributed by atoms with van der Waals surface area (Å²) in [5.41, 5.74) is 3.63. The largest absolute Gasteiger partial charge is 0.481 e. The fraction of sp³-hybridized carbons (Fsp3) is 0.273. The van der Waals surface area contributed by atoms with Crippen LogP contribution in [-0.2, 0) is 43.7 Å². The monoisotopic (exact) mass is 666 g/mol. The van der Waals surface area contributed by atoms with Crippen molar-refractivity contribution in [3.8, 4) is 11.1 Å². The van der Waals surface area contributed by atoms with Crippen LogP contribution in [0.25, 0.3) is 11.1 Å². The standard InChI is InChI=1S/C33H35ClN4O7S/c1-3-8-26-19-29(33(42)35-25(18-32(40)41)17-24-9-4-6-11-28(24)34)36-38(26)20-22-13-15-23(16-14-22)27-10-5-7-12-30(27)46(43,44)37-31(39)21-45-2/h4-7,9-16,19,25H,3,8,17-18,20-21H2,1-2H3,(H,35,42)(H,37,39)(H,40,41). The number of halogens is 1.